The van der Waals surface area contributed by atoms with Crippen LogP contribution < -0.4 is 0 Å². The highest BCUT2D eigenvalue weighted by atomic mass is 127. The quantitative estimate of drug-likeness (QED) is 0.235. The van der Waals surface area contributed by atoms with E-state index in [1.165, 1.54) is 12.7 Å². The number of hydrogen-bond donors (Lipinski definition) is 0. The first kappa shape index (κ1) is 21.8. The van der Waals surface area contributed by atoms with Gasteiger partial charge in [-0.25, -0.2) is 0 Å². The molecule has 2 heterocycles. The maximum absolute atomic E-state index is 5.32. The van der Waals surface area contributed by atoms with Crippen molar-refractivity contribution in [3.05, 3.63) is 108 Å². The molecule has 0 fully saturated rings. The molecule has 1 aromatic heterocycles. The molecule has 32 heavy (non-hydrogen) atoms. The third-order valence-corrected chi connectivity index (χ3v) is 7.16. The minimum absolute atomic E-state index is 0.0805. The van der Waals surface area contributed by atoms with Crippen molar-refractivity contribution in [3.8, 4) is 5.69 Å². The summed E-state index contributed by atoms with van der Waals surface area (Å²) in [6.07, 6.45) is 0.723. The molecule has 4 nitrogen and oxygen atoms in total. The summed E-state index contributed by atoms with van der Waals surface area (Å²) in [4.78, 5) is 5.32. The summed E-state index contributed by atoms with van der Waals surface area (Å²) in [5.41, 5.74) is 5.63. The molecule has 1 atom stereocenters. The normalized spacial score (nSPS) is 15.2. The van der Waals surface area contributed by atoms with Gasteiger partial charge in [-0.15, -0.1) is 10.2 Å². The minimum Gasteiger partial charge on any atom is -0.280 e. The molecule has 160 valence electrons. The van der Waals surface area contributed by atoms with Crippen LogP contribution in [0, 0.1) is 13.1 Å². The lowest BCUT2D eigenvalue weighted by molar-refractivity contribution is 0.488. The first-order valence-electron chi connectivity index (χ1n) is 10.6. The smallest absolute Gasteiger partial charge is 0.162 e. The molecule has 0 radical (unpaired) electrons. The molecule has 5 rings (SSSR count). The number of fused-ring (bicyclic) bond motifs is 3. The van der Waals surface area contributed by atoms with Gasteiger partial charge in [0.15, 0.2) is 5.82 Å². The van der Waals surface area contributed by atoms with Gasteiger partial charge in [-0.3, -0.25) is 9.56 Å². The Bertz CT molecular complexity index is 1290. The summed E-state index contributed by atoms with van der Waals surface area (Å²) in [5.74, 6) is 2.14. The van der Waals surface area contributed by atoms with Crippen LogP contribution in [0.4, 0.5) is 0 Å². The van der Waals surface area contributed by atoms with Gasteiger partial charge in [0, 0.05) is 24.7 Å². The second-order valence-electron chi connectivity index (χ2n) is 8.29. The van der Waals surface area contributed by atoms with Crippen molar-refractivity contribution in [2.45, 2.75) is 26.3 Å². The zero-order chi connectivity index (χ0) is 22.2. The van der Waals surface area contributed by atoms with Crippen molar-refractivity contribution in [3.63, 3.8) is 0 Å². The van der Waals surface area contributed by atoms with Crippen LogP contribution in [0.1, 0.15) is 48.2 Å². The summed E-state index contributed by atoms with van der Waals surface area (Å²) in [6.45, 7) is 4.41. The molecule has 6 heteroatoms. The van der Waals surface area contributed by atoms with Crippen LogP contribution in [-0.4, -0.2) is 20.5 Å². The Labute approximate surface area is 215 Å². The molecule has 0 saturated carbocycles. The van der Waals surface area contributed by atoms with Gasteiger partial charge in [-0.1, -0.05) is 74.5 Å². The van der Waals surface area contributed by atoms with E-state index in [2.05, 4.69) is 129 Å². The Hall–Kier alpha value is -2.07. The van der Waals surface area contributed by atoms with Crippen molar-refractivity contribution in [1.29, 1.82) is 0 Å². The second-order valence-corrected chi connectivity index (χ2v) is 10.7. The highest BCUT2D eigenvalue weighted by Crippen LogP contribution is 2.37. The highest BCUT2D eigenvalue weighted by molar-refractivity contribution is 14.1. The van der Waals surface area contributed by atoms with Gasteiger partial charge >= 0.3 is 0 Å². The van der Waals surface area contributed by atoms with Crippen LogP contribution in [0.25, 0.3) is 5.69 Å². The van der Waals surface area contributed by atoms with Crippen LogP contribution in [0.5, 0.6) is 0 Å². The lowest BCUT2D eigenvalue weighted by atomic mass is 9.99. The molecule has 0 spiro atoms. The Morgan fingerprint density at radius 2 is 1.59 bits per heavy atom. The predicted molar refractivity (Wildman–Crippen MR) is 146 cm³/mol. The zero-order valence-electron chi connectivity index (χ0n) is 17.8. The van der Waals surface area contributed by atoms with E-state index in [9.17, 15) is 0 Å². The second kappa shape index (κ2) is 9.05. The van der Waals surface area contributed by atoms with Crippen molar-refractivity contribution >= 4 is 50.9 Å². The fourth-order valence-electron chi connectivity index (χ4n) is 4.17. The maximum atomic E-state index is 5.32. The molecule has 0 saturated heterocycles. The van der Waals surface area contributed by atoms with E-state index < -0.39 is 0 Å². The lowest BCUT2D eigenvalue weighted by Gasteiger charge is -2.17. The van der Waals surface area contributed by atoms with Gasteiger partial charge in [0.1, 0.15) is 11.9 Å². The van der Waals surface area contributed by atoms with Crippen molar-refractivity contribution in [1.82, 2.24) is 14.8 Å². The number of aromatic nitrogens is 3. The van der Waals surface area contributed by atoms with Crippen LogP contribution in [0.2, 0.25) is 0 Å². The van der Waals surface area contributed by atoms with Gasteiger partial charge < -0.3 is 0 Å². The molecule has 1 aliphatic rings. The molecule has 0 N–H and O–H groups in total. The van der Waals surface area contributed by atoms with Crippen molar-refractivity contribution in [2.75, 3.05) is 0 Å². The number of hydrogen-bond acceptors (Lipinski definition) is 3. The topological polar surface area (TPSA) is 43.1 Å². The summed E-state index contributed by atoms with van der Waals surface area (Å²) in [7, 11) is 0. The predicted octanol–water partition coefficient (Wildman–Crippen LogP) is 6.62. The molecule has 3 aromatic carbocycles. The van der Waals surface area contributed by atoms with Crippen LogP contribution in [-0.2, 0) is 6.42 Å². The third-order valence-electron chi connectivity index (χ3n) is 5.68. The van der Waals surface area contributed by atoms with Crippen molar-refractivity contribution < 1.29 is 0 Å². The van der Waals surface area contributed by atoms with Gasteiger partial charge in [-0.05, 0) is 68.8 Å². The molecule has 0 aliphatic carbocycles. The van der Waals surface area contributed by atoms with E-state index >= 15 is 0 Å². The lowest BCUT2D eigenvalue weighted by Crippen LogP contribution is -2.13. The molecule has 4 aromatic rings. The molecule has 1 aliphatic heterocycles. The van der Waals surface area contributed by atoms with E-state index in [-0.39, 0.29) is 12.0 Å². The molecule has 0 bridgehead atoms. The Morgan fingerprint density at radius 3 is 2.28 bits per heavy atom. The number of aliphatic imine (C=N–C) groups is 1. The van der Waals surface area contributed by atoms with Gasteiger partial charge in [0.2, 0.25) is 0 Å². The van der Waals surface area contributed by atoms with E-state index in [0.717, 1.165) is 40.6 Å². The summed E-state index contributed by atoms with van der Waals surface area (Å²) in [6, 6.07) is 25.3. The Morgan fingerprint density at radius 1 is 0.906 bits per heavy atom. The van der Waals surface area contributed by atoms with E-state index in [0.29, 0.717) is 0 Å². The van der Waals surface area contributed by atoms with E-state index in [4.69, 9.17) is 10.1 Å². The number of rotatable bonds is 4. The molecular formula is C26H22I2N4. The first-order chi connectivity index (χ1) is 15.5. The number of halogens is 2. The molecular weight excluding hydrogens is 622 g/mol. The van der Waals surface area contributed by atoms with Crippen LogP contribution in [0.15, 0.2) is 77.8 Å². The Kier molecular flexibility index (Phi) is 6.16. The van der Waals surface area contributed by atoms with E-state index in [1.807, 2.05) is 12.1 Å². The minimum atomic E-state index is -0.0805. The highest BCUT2D eigenvalue weighted by Gasteiger charge is 2.32. The fraction of sp³-hybridized carbons (Fsp3) is 0.192. The monoisotopic (exact) mass is 644 g/mol. The summed E-state index contributed by atoms with van der Waals surface area (Å²) < 4.78 is 4.63. The zero-order valence-corrected chi connectivity index (χ0v) is 22.1. The average molecular weight is 644 g/mol. The van der Waals surface area contributed by atoms with Crippen molar-refractivity contribution in [2.24, 2.45) is 10.9 Å². The van der Waals surface area contributed by atoms with Gasteiger partial charge in [0.05, 0.1) is 11.4 Å². The maximum Gasteiger partial charge on any atom is 0.162 e. The largest absolute Gasteiger partial charge is 0.280 e. The summed E-state index contributed by atoms with van der Waals surface area (Å²) >= 11 is 4.84. The fourth-order valence-corrected chi connectivity index (χ4v) is 6.24. The molecule has 0 amide bonds. The third kappa shape index (κ3) is 4.03. The molecule has 1 unspecified atom stereocenters. The number of nitrogens with zero attached hydrogens (tertiary/aromatic N) is 4. The standard InChI is InChI=1S/C26H22I2N4/c1-16(2)24-26-31-30-22(13-17-9-5-3-6-10-17)32(26)21-15-19(27)14-20(28)23(21)25(29-24)18-11-7-4-8-12-18/h3-12,14-16,24H,13H2,1-2H3. The van der Waals surface area contributed by atoms with Gasteiger partial charge in [-0.2, -0.15) is 0 Å². The first-order valence-corrected chi connectivity index (χ1v) is 12.8. The number of benzene rings is 3. The van der Waals surface area contributed by atoms with E-state index in [1.54, 1.807) is 0 Å². The van der Waals surface area contributed by atoms with Crippen LogP contribution >= 0.6 is 45.2 Å². The van der Waals surface area contributed by atoms with Gasteiger partial charge in [0.25, 0.3) is 0 Å². The average Bonchev–Trinajstić information content (AvgIpc) is 3.11. The SMILES string of the molecule is CC(C)C1N=C(c2ccccc2)c2c(I)cc(I)cc2-n2c(Cc3ccccc3)nnc21. The summed E-state index contributed by atoms with van der Waals surface area (Å²) in [5, 5.41) is 9.37. The van der Waals surface area contributed by atoms with Crippen LogP contribution in [0.3, 0.4) is 0 Å². The Balaban J connectivity index is 1.80.